The Morgan fingerprint density at radius 1 is 1.50 bits per heavy atom. The van der Waals surface area contributed by atoms with E-state index in [1.54, 1.807) is 6.92 Å². The summed E-state index contributed by atoms with van der Waals surface area (Å²) in [4.78, 5) is 13.0. The van der Waals surface area contributed by atoms with Crippen LogP contribution in [0.2, 0.25) is 0 Å². The van der Waals surface area contributed by atoms with Gasteiger partial charge in [0.25, 0.3) is 0 Å². The van der Waals surface area contributed by atoms with E-state index < -0.39 is 5.97 Å². The molecule has 14 heavy (non-hydrogen) atoms. The van der Waals surface area contributed by atoms with Gasteiger partial charge in [-0.1, -0.05) is 27.7 Å². The zero-order valence-corrected chi connectivity index (χ0v) is 9.58. The van der Waals surface area contributed by atoms with Crippen molar-refractivity contribution in [3.63, 3.8) is 0 Å². The van der Waals surface area contributed by atoms with Crippen LogP contribution < -0.4 is 0 Å². The van der Waals surface area contributed by atoms with Gasteiger partial charge in [0.15, 0.2) is 0 Å². The Balaban J connectivity index is 2.27. The maximum absolute atomic E-state index is 10.7. The molecule has 1 heterocycles. The molecule has 0 aromatic carbocycles. The lowest BCUT2D eigenvalue weighted by atomic mass is 9.84. The van der Waals surface area contributed by atoms with Crippen molar-refractivity contribution < 1.29 is 9.90 Å². The lowest BCUT2D eigenvalue weighted by Gasteiger charge is -2.44. The van der Waals surface area contributed by atoms with Gasteiger partial charge in [-0.05, 0) is 11.3 Å². The number of rotatable bonds is 3. The van der Waals surface area contributed by atoms with E-state index in [9.17, 15) is 4.79 Å². The number of hydrogen-bond acceptors (Lipinski definition) is 2. The highest BCUT2D eigenvalue weighted by Gasteiger charge is 2.35. The summed E-state index contributed by atoms with van der Waals surface area (Å²) in [7, 11) is 0. The molecule has 1 unspecified atom stereocenters. The molecule has 0 bridgehead atoms. The molecule has 0 radical (unpaired) electrons. The van der Waals surface area contributed by atoms with Crippen molar-refractivity contribution in [2.75, 3.05) is 19.6 Å². The van der Waals surface area contributed by atoms with Crippen LogP contribution in [0.5, 0.6) is 0 Å². The second kappa shape index (κ2) is 3.89. The van der Waals surface area contributed by atoms with E-state index in [0.717, 1.165) is 19.6 Å². The molecule has 0 aliphatic carbocycles. The first-order chi connectivity index (χ1) is 6.29. The molecule has 1 N–H and O–H groups in total. The van der Waals surface area contributed by atoms with Crippen LogP contribution in [-0.4, -0.2) is 35.6 Å². The maximum Gasteiger partial charge on any atom is 0.306 e. The van der Waals surface area contributed by atoms with Gasteiger partial charge in [-0.15, -0.1) is 0 Å². The average Bonchev–Trinajstić information content (AvgIpc) is 1.92. The molecule has 0 spiro atoms. The molecule has 1 rings (SSSR count). The zero-order valence-electron chi connectivity index (χ0n) is 9.58. The maximum atomic E-state index is 10.7. The van der Waals surface area contributed by atoms with Crippen LogP contribution in [0.4, 0.5) is 0 Å². The standard InChI is InChI=1S/C11H21NO2/c1-8(10(13)14)9-5-12(6-9)7-11(2,3)4/h8-9H,5-7H2,1-4H3,(H,13,14). The Morgan fingerprint density at radius 3 is 2.36 bits per heavy atom. The quantitative estimate of drug-likeness (QED) is 0.752. The second-order valence-corrected chi connectivity index (χ2v) is 5.64. The number of carbonyl (C=O) groups is 1. The number of aliphatic carboxylic acids is 1. The minimum Gasteiger partial charge on any atom is -0.481 e. The van der Waals surface area contributed by atoms with Crippen molar-refractivity contribution in [3.05, 3.63) is 0 Å². The predicted molar refractivity (Wildman–Crippen MR) is 56.2 cm³/mol. The van der Waals surface area contributed by atoms with Crippen molar-refractivity contribution in [1.82, 2.24) is 4.90 Å². The highest BCUT2D eigenvalue weighted by atomic mass is 16.4. The van der Waals surface area contributed by atoms with Gasteiger partial charge in [0.1, 0.15) is 0 Å². The van der Waals surface area contributed by atoms with Crippen molar-refractivity contribution in [3.8, 4) is 0 Å². The van der Waals surface area contributed by atoms with E-state index in [1.807, 2.05) is 0 Å². The van der Waals surface area contributed by atoms with Gasteiger partial charge in [-0.3, -0.25) is 4.79 Å². The Bertz CT molecular complexity index is 214. The van der Waals surface area contributed by atoms with E-state index >= 15 is 0 Å². The highest BCUT2D eigenvalue weighted by Crippen LogP contribution is 2.27. The van der Waals surface area contributed by atoms with E-state index in [2.05, 4.69) is 25.7 Å². The Hall–Kier alpha value is -0.570. The molecule has 0 amide bonds. The molecule has 3 nitrogen and oxygen atoms in total. The average molecular weight is 199 g/mol. The van der Waals surface area contributed by atoms with E-state index in [1.165, 1.54) is 0 Å². The van der Waals surface area contributed by atoms with Crippen LogP contribution in [0.15, 0.2) is 0 Å². The topological polar surface area (TPSA) is 40.5 Å². The summed E-state index contributed by atoms with van der Waals surface area (Å²) in [5.41, 5.74) is 0.317. The molecule has 1 aliphatic heterocycles. The summed E-state index contributed by atoms with van der Waals surface area (Å²) in [6.45, 7) is 11.4. The predicted octanol–water partition coefficient (Wildman–Crippen LogP) is 1.68. The van der Waals surface area contributed by atoms with Crippen LogP contribution in [0.1, 0.15) is 27.7 Å². The molecule has 0 saturated carbocycles. The molecule has 1 fully saturated rings. The van der Waals surface area contributed by atoms with Crippen LogP contribution in [0.3, 0.4) is 0 Å². The van der Waals surface area contributed by atoms with Crippen LogP contribution in [0, 0.1) is 17.3 Å². The number of carboxylic acids is 1. The highest BCUT2D eigenvalue weighted by molar-refractivity contribution is 5.70. The van der Waals surface area contributed by atoms with Crippen molar-refractivity contribution in [2.24, 2.45) is 17.3 Å². The second-order valence-electron chi connectivity index (χ2n) is 5.64. The fraction of sp³-hybridized carbons (Fsp3) is 0.909. The third-order valence-electron chi connectivity index (χ3n) is 2.78. The van der Waals surface area contributed by atoms with Gasteiger partial charge in [-0.25, -0.2) is 0 Å². The summed E-state index contributed by atoms with van der Waals surface area (Å²) in [5.74, 6) is -0.494. The fourth-order valence-electron chi connectivity index (χ4n) is 1.93. The van der Waals surface area contributed by atoms with E-state index in [0.29, 0.717) is 11.3 Å². The van der Waals surface area contributed by atoms with E-state index in [4.69, 9.17) is 5.11 Å². The summed E-state index contributed by atoms with van der Waals surface area (Å²) in [5, 5.41) is 8.82. The molecular weight excluding hydrogens is 178 g/mol. The number of carboxylic acid groups (broad SMARTS) is 1. The largest absolute Gasteiger partial charge is 0.481 e. The third-order valence-corrected chi connectivity index (χ3v) is 2.78. The number of likely N-dealkylation sites (tertiary alicyclic amines) is 1. The molecule has 1 saturated heterocycles. The minimum absolute atomic E-state index is 0.189. The summed E-state index contributed by atoms with van der Waals surface area (Å²) in [6.07, 6.45) is 0. The van der Waals surface area contributed by atoms with Crippen LogP contribution >= 0.6 is 0 Å². The first kappa shape index (κ1) is 11.5. The van der Waals surface area contributed by atoms with Crippen molar-refractivity contribution in [2.45, 2.75) is 27.7 Å². The SMILES string of the molecule is CC(C(=O)O)C1CN(CC(C)(C)C)C1. The summed E-state index contributed by atoms with van der Waals surface area (Å²) < 4.78 is 0. The Kier molecular flexibility index (Phi) is 3.20. The van der Waals surface area contributed by atoms with Gasteiger partial charge in [0.05, 0.1) is 5.92 Å². The number of nitrogens with zero attached hydrogens (tertiary/aromatic N) is 1. The lowest BCUT2D eigenvalue weighted by Crippen LogP contribution is -2.53. The minimum atomic E-state index is -0.662. The third kappa shape index (κ3) is 2.98. The smallest absolute Gasteiger partial charge is 0.306 e. The monoisotopic (exact) mass is 199 g/mol. The van der Waals surface area contributed by atoms with Gasteiger partial charge >= 0.3 is 5.97 Å². The molecule has 0 aromatic rings. The summed E-state index contributed by atoms with van der Waals surface area (Å²) >= 11 is 0. The molecule has 3 heteroatoms. The molecule has 82 valence electrons. The van der Waals surface area contributed by atoms with Crippen molar-refractivity contribution >= 4 is 5.97 Å². The fourth-order valence-corrected chi connectivity index (χ4v) is 1.93. The molecular formula is C11H21NO2. The van der Waals surface area contributed by atoms with E-state index in [-0.39, 0.29) is 5.92 Å². The van der Waals surface area contributed by atoms with Crippen LogP contribution in [-0.2, 0) is 4.79 Å². The first-order valence-electron chi connectivity index (χ1n) is 5.25. The van der Waals surface area contributed by atoms with Crippen LogP contribution in [0.25, 0.3) is 0 Å². The zero-order chi connectivity index (χ0) is 10.9. The Morgan fingerprint density at radius 2 is 2.00 bits per heavy atom. The van der Waals surface area contributed by atoms with Gasteiger partial charge in [0.2, 0.25) is 0 Å². The molecule has 1 atom stereocenters. The summed E-state index contributed by atoms with van der Waals surface area (Å²) in [6, 6.07) is 0. The Labute approximate surface area is 86.1 Å². The van der Waals surface area contributed by atoms with Gasteiger partial charge in [0, 0.05) is 19.6 Å². The lowest BCUT2D eigenvalue weighted by molar-refractivity contribution is -0.145. The molecule has 1 aliphatic rings. The molecule has 0 aromatic heterocycles. The van der Waals surface area contributed by atoms with Gasteiger partial charge in [-0.2, -0.15) is 0 Å². The first-order valence-corrected chi connectivity index (χ1v) is 5.25. The normalized spacial score (nSPS) is 21.7. The number of hydrogen-bond donors (Lipinski definition) is 1. The van der Waals surface area contributed by atoms with Crippen molar-refractivity contribution in [1.29, 1.82) is 0 Å². The van der Waals surface area contributed by atoms with Gasteiger partial charge < -0.3 is 10.0 Å².